The molecule has 2 heteroatoms. The molecule has 0 unspecified atom stereocenters. The van der Waals surface area contributed by atoms with Gasteiger partial charge < -0.3 is 5.32 Å². The SMILES string of the molecule is C.C.C=CC(=O)NCC.CCC. The molecule has 0 aliphatic carbocycles. The summed E-state index contributed by atoms with van der Waals surface area (Å²) in [4.78, 5) is 10.2. The summed E-state index contributed by atoms with van der Waals surface area (Å²) >= 11 is 0. The molecule has 0 rings (SSSR count). The highest BCUT2D eigenvalue weighted by Crippen LogP contribution is 1.61. The Balaban J connectivity index is -0.0000000569. The minimum absolute atomic E-state index is 0. The van der Waals surface area contributed by atoms with Crippen LogP contribution in [0.5, 0.6) is 0 Å². The Kier molecular flexibility index (Phi) is 42.1. The number of amides is 1. The number of carbonyl (C=O) groups is 1. The van der Waals surface area contributed by atoms with Crippen LogP contribution in [-0.4, -0.2) is 12.5 Å². The van der Waals surface area contributed by atoms with Gasteiger partial charge in [0.2, 0.25) is 5.91 Å². The molecule has 0 heterocycles. The summed E-state index contributed by atoms with van der Waals surface area (Å²) in [6, 6.07) is 0. The van der Waals surface area contributed by atoms with Gasteiger partial charge in [-0.2, -0.15) is 0 Å². The van der Waals surface area contributed by atoms with E-state index < -0.39 is 0 Å². The number of hydrogen-bond acceptors (Lipinski definition) is 1. The van der Waals surface area contributed by atoms with E-state index in [-0.39, 0.29) is 20.8 Å². The third-order valence-electron chi connectivity index (χ3n) is 0.536. The van der Waals surface area contributed by atoms with Crippen LogP contribution in [0.25, 0.3) is 0 Å². The summed E-state index contributed by atoms with van der Waals surface area (Å²) in [5, 5.41) is 2.54. The predicted octanol–water partition coefficient (Wildman–Crippen LogP) is 3.00. The number of likely N-dealkylation sites (N-methyl/N-ethyl adjacent to an activating group) is 1. The molecule has 0 fully saturated rings. The zero-order valence-corrected chi connectivity index (χ0v) is 7.11. The molecule has 0 saturated carbocycles. The van der Waals surface area contributed by atoms with Crippen molar-refractivity contribution in [2.24, 2.45) is 0 Å². The molecule has 76 valence electrons. The molecule has 0 bridgehead atoms. The molecule has 0 aliphatic rings. The van der Waals surface area contributed by atoms with Gasteiger partial charge in [0.15, 0.2) is 0 Å². The highest BCUT2D eigenvalue weighted by atomic mass is 16.1. The largest absolute Gasteiger partial charge is 0.353 e. The molecule has 2 nitrogen and oxygen atoms in total. The molecule has 1 amide bonds. The Bertz CT molecular complexity index is 89.8. The molecule has 0 aromatic rings. The average molecular weight is 175 g/mol. The van der Waals surface area contributed by atoms with Gasteiger partial charge in [0, 0.05) is 6.54 Å². The van der Waals surface area contributed by atoms with Gasteiger partial charge in [-0.25, -0.2) is 0 Å². The van der Waals surface area contributed by atoms with Crippen molar-refractivity contribution < 1.29 is 4.79 Å². The van der Waals surface area contributed by atoms with Gasteiger partial charge in [0.05, 0.1) is 0 Å². The van der Waals surface area contributed by atoms with Crippen LogP contribution >= 0.6 is 0 Å². The normalized spacial score (nSPS) is 5.92. The van der Waals surface area contributed by atoms with Crippen molar-refractivity contribution in [1.29, 1.82) is 0 Å². The van der Waals surface area contributed by atoms with Crippen molar-refractivity contribution in [1.82, 2.24) is 5.32 Å². The zero-order chi connectivity index (χ0) is 8.41. The Morgan fingerprint density at radius 1 is 1.33 bits per heavy atom. The van der Waals surface area contributed by atoms with Gasteiger partial charge >= 0.3 is 0 Å². The van der Waals surface area contributed by atoms with E-state index in [1.165, 1.54) is 12.5 Å². The number of rotatable bonds is 2. The lowest BCUT2D eigenvalue weighted by atomic mass is 10.6. The second-order valence-corrected chi connectivity index (χ2v) is 1.81. The monoisotopic (exact) mass is 175 g/mol. The summed E-state index contributed by atoms with van der Waals surface area (Å²) in [7, 11) is 0. The van der Waals surface area contributed by atoms with E-state index >= 15 is 0 Å². The molecule has 12 heavy (non-hydrogen) atoms. The summed E-state index contributed by atoms with van der Waals surface area (Å²) in [5.74, 6) is -0.109. The first-order valence-electron chi connectivity index (χ1n) is 3.63. The van der Waals surface area contributed by atoms with Crippen molar-refractivity contribution >= 4 is 5.91 Å². The second-order valence-electron chi connectivity index (χ2n) is 1.81. The van der Waals surface area contributed by atoms with Crippen molar-refractivity contribution in [2.75, 3.05) is 6.54 Å². The van der Waals surface area contributed by atoms with Crippen molar-refractivity contribution in [3.8, 4) is 0 Å². The summed E-state index contributed by atoms with van der Waals surface area (Å²) in [6.07, 6.45) is 2.50. The van der Waals surface area contributed by atoms with Crippen LogP contribution in [0.15, 0.2) is 12.7 Å². The topological polar surface area (TPSA) is 29.1 Å². The van der Waals surface area contributed by atoms with Crippen LogP contribution < -0.4 is 5.32 Å². The smallest absolute Gasteiger partial charge is 0.243 e. The Morgan fingerprint density at radius 3 is 1.75 bits per heavy atom. The Hall–Kier alpha value is -0.790. The number of carbonyl (C=O) groups excluding carboxylic acids is 1. The first-order valence-corrected chi connectivity index (χ1v) is 3.63. The molecule has 0 aliphatic heterocycles. The minimum Gasteiger partial charge on any atom is -0.353 e. The van der Waals surface area contributed by atoms with E-state index in [1.807, 2.05) is 6.92 Å². The molecule has 1 N–H and O–H groups in total. The summed E-state index contributed by atoms with van der Waals surface area (Å²) in [5.41, 5.74) is 0. The summed E-state index contributed by atoms with van der Waals surface area (Å²) in [6.45, 7) is 10.1. The second kappa shape index (κ2) is 22.5. The lowest BCUT2D eigenvalue weighted by molar-refractivity contribution is -0.116. The van der Waals surface area contributed by atoms with Gasteiger partial charge in [0.25, 0.3) is 0 Å². The van der Waals surface area contributed by atoms with Crippen LogP contribution in [0.3, 0.4) is 0 Å². The van der Waals surface area contributed by atoms with Crippen LogP contribution in [0, 0.1) is 0 Å². The number of hydrogen-bond donors (Lipinski definition) is 1. The van der Waals surface area contributed by atoms with E-state index in [0.29, 0.717) is 6.54 Å². The van der Waals surface area contributed by atoms with E-state index in [1.54, 1.807) is 0 Å². The lowest BCUT2D eigenvalue weighted by Gasteiger charge is -1.90. The Morgan fingerprint density at radius 2 is 1.67 bits per heavy atom. The average Bonchev–Trinajstić information content (AvgIpc) is 1.90. The molecule has 0 saturated heterocycles. The van der Waals surface area contributed by atoms with Gasteiger partial charge in [0.1, 0.15) is 0 Å². The molecule has 0 spiro atoms. The van der Waals surface area contributed by atoms with Crippen LogP contribution in [0.1, 0.15) is 42.0 Å². The summed E-state index contributed by atoms with van der Waals surface area (Å²) < 4.78 is 0. The molecule has 0 radical (unpaired) electrons. The predicted molar refractivity (Wildman–Crippen MR) is 58.3 cm³/mol. The first kappa shape index (κ1) is 22.5. The van der Waals surface area contributed by atoms with Gasteiger partial charge in [-0.3, -0.25) is 4.79 Å². The third kappa shape index (κ3) is 35.0. The quantitative estimate of drug-likeness (QED) is 0.642. The zero-order valence-electron chi connectivity index (χ0n) is 7.11. The van der Waals surface area contributed by atoms with E-state index in [4.69, 9.17) is 0 Å². The third-order valence-corrected chi connectivity index (χ3v) is 0.536. The lowest BCUT2D eigenvalue weighted by Crippen LogP contribution is -2.19. The highest BCUT2D eigenvalue weighted by Gasteiger charge is 1.83. The fourth-order valence-electron chi connectivity index (χ4n) is 0.246. The maximum Gasteiger partial charge on any atom is 0.243 e. The van der Waals surface area contributed by atoms with E-state index in [9.17, 15) is 4.79 Å². The molecular formula is C10H25NO. The first-order chi connectivity index (χ1) is 4.72. The van der Waals surface area contributed by atoms with E-state index in [2.05, 4.69) is 25.7 Å². The van der Waals surface area contributed by atoms with Crippen molar-refractivity contribution in [2.45, 2.75) is 42.0 Å². The van der Waals surface area contributed by atoms with Crippen LogP contribution in [0.4, 0.5) is 0 Å². The molecule has 0 aromatic carbocycles. The van der Waals surface area contributed by atoms with Crippen molar-refractivity contribution in [3.63, 3.8) is 0 Å². The minimum atomic E-state index is -0.109. The number of nitrogens with one attached hydrogen (secondary N) is 1. The fraction of sp³-hybridized carbons (Fsp3) is 0.700. The van der Waals surface area contributed by atoms with E-state index in [0.717, 1.165) is 0 Å². The van der Waals surface area contributed by atoms with Gasteiger partial charge in [-0.1, -0.05) is 41.7 Å². The molecular weight excluding hydrogens is 150 g/mol. The van der Waals surface area contributed by atoms with Gasteiger partial charge in [-0.15, -0.1) is 0 Å². The molecule has 0 aromatic heterocycles. The van der Waals surface area contributed by atoms with Crippen LogP contribution in [0.2, 0.25) is 0 Å². The van der Waals surface area contributed by atoms with Crippen LogP contribution in [-0.2, 0) is 4.79 Å². The highest BCUT2D eigenvalue weighted by molar-refractivity contribution is 5.86. The van der Waals surface area contributed by atoms with Gasteiger partial charge in [-0.05, 0) is 13.0 Å². The maximum absolute atomic E-state index is 10.2. The van der Waals surface area contributed by atoms with Crippen molar-refractivity contribution in [3.05, 3.63) is 12.7 Å². The fourth-order valence-corrected chi connectivity index (χ4v) is 0.246. The molecule has 0 atom stereocenters. The Labute approximate surface area is 78.1 Å². The maximum atomic E-state index is 10.2. The standard InChI is InChI=1S/C5H9NO.C3H8.2CH4/c1-3-5(7)6-4-2;1-3-2;;/h3H,1,4H2,2H3,(H,6,7);3H2,1-2H3;2*1H4.